The van der Waals surface area contributed by atoms with Crippen molar-refractivity contribution in [2.45, 2.75) is 13.3 Å². The lowest BCUT2D eigenvalue weighted by atomic mass is 10.2. The van der Waals surface area contributed by atoms with Gasteiger partial charge in [0.2, 0.25) is 0 Å². The molecule has 0 atom stereocenters. The maximum Gasteiger partial charge on any atom is 0.0852 e. The van der Waals surface area contributed by atoms with Gasteiger partial charge in [0.05, 0.1) is 5.70 Å². The molecule has 13 heavy (non-hydrogen) atoms. The molecule has 1 aromatic carbocycles. The minimum absolute atomic E-state index is 0.822. The molecule has 1 aromatic rings. The third-order valence-corrected chi connectivity index (χ3v) is 1.64. The lowest BCUT2D eigenvalue weighted by molar-refractivity contribution is 1.31. The topological polar surface area (TPSA) is 38.4 Å². The average Bonchev–Trinajstić information content (AvgIpc) is 2.21. The standard InChI is InChI=1S/C11H14N2/c1-2-8-13-11(9-12)10-6-4-3-5-7-10/h3-9H,2,12H2,1H3/b11-9-,13-8?. The number of benzene rings is 1. The third-order valence-electron chi connectivity index (χ3n) is 1.64. The Labute approximate surface area is 78.8 Å². The van der Waals surface area contributed by atoms with Gasteiger partial charge in [-0.05, 0) is 6.42 Å². The summed E-state index contributed by atoms with van der Waals surface area (Å²) in [5.41, 5.74) is 7.34. The predicted octanol–water partition coefficient (Wildman–Crippen LogP) is 2.42. The molecule has 68 valence electrons. The number of hydrogen-bond acceptors (Lipinski definition) is 2. The van der Waals surface area contributed by atoms with Gasteiger partial charge in [-0.3, -0.25) is 4.99 Å². The SMILES string of the molecule is CCC=N/C(=C\N)c1ccccc1. The fourth-order valence-electron chi connectivity index (χ4n) is 1.01. The van der Waals surface area contributed by atoms with Crippen LogP contribution in [0.15, 0.2) is 41.5 Å². The van der Waals surface area contributed by atoms with E-state index < -0.39 is 0 Å². The first-order chi connectivity index (χ1) is 6.38. The Kier molecular flexibility index (Phi) is 3.76. The second-order valence-electron chi connectivity index (χ2n) is 2.64. The molecular weight excluding hydrogens is 160 g/mol. The molecule has 0 saturated heterocycles. The highest BCUT2D eigenvalue weighted by Crippen LogP contribution is 2.13. The highest BCUT2D eigenvalue weighted by atomic mass is 14.7. The summed E-state index contributed by atoms with van der Waals surface area (Å²) in [7, 11) is 0. The molecule has 0 heterocycles. The molecule has 1 rings (SSSR count). The van der Waals surface area contributed by atoms with Crippen LogP contribution in [0.5, 0.6) is 0 Å². The van der Waals surface area contributed by atoms with Gasteiger partial charge < -0.3 is 5.73 Å². The van der Waals surface area contributed by atoms with Crippen LogP contribution >= 0.6 is 0 Å². The zero-order valence-corrected chi connectivity index (χ0v) is 7.77. The molecule has 0 bridgehead atoms. The molecule has 2 heteroatoms. The highest BCUT2D eigenvalue weighted by molar-refractivity contribution is 5.73. The molecule has 0 aliphatic rings. The number of nitrogens with two attached hydrogens (primary N) is 1. The van der Waals surface area contributed by atoms with Crippen LogP contribution in [0.3, 0.4) is 0 Å². The molecule has 0 aliphatic heterocycles. The van der Waals surface area contributed by atoms with Crippen molar-refractivity contribution in [3.63, 3.8) is 0 Å². The Balaban J connectivity index is 2.87. The Morgan fingerprint density at radius 3 is 2.62 bits per heavy atom. The number of rotatable bonds is 3. The Bertz CT molecular complexity index is 299. The van der Waals surface area contributed by atoms with Crippen molar-refractivity contribution >= 4 is 11.9 Å². The van der Waals surface area contributed by atoms with Crippen molar-refractivity contribution in [2.75, 3.05) is 0 Å². The van der Waals surface area contributed by atoms with E-state index in [0.717, 1.165) is 17.7 Å². The van der Waals surface area contributed by atoms with Gasteiger partial charge in [0, 0.05) is 18.0 Å². The van der Waals surface area contributed by atoms with Gasteiger partial charge in [0.15, 0.2) is 0 Å². The Hall–Kier alpha value is -1.57. The minimum Gasteiger partial charge on any atom is -0.403 e. The van der Waals surface area contributed by atoms with Crippen LogP contribution in [0, 0.1) is 0 Å². The molecule has 0 aromatic heterocycles. The van der Waals surface area contributed by atoms with E-state index in [1.807, 2.05) is 43.5 Å². The summed E-state index contributed by atoms with van der Waals surface area (Å²) in [5.74, 6) is 0. The van der Waals surface area contributed by atoms with E-state index in [1.165, 1.54) is 6.20 Å². The molecule has 0 saturated carbocycles. The molecule has 0 radical (unpaired) electrons. The smallest absolute Gasteiger partial charge is 0.0852 e. The molecule has 0 aliphatic carbocycles. The second kappa shape index (κ2) is 5.14. The molecule has 0 spiro atoms. The van der Waals surface area contributed by atoms with E-state index in [-0.39, 0.29) is 0 Å². The molecule has 0 fully saturated rings. The van der Waals surface area contributed by atoms with Gasteiger partial charge in [-0.2, -0.15) is 0 Å². The first-order valence-corrected chi connectivity index (χ1v) is 4.38. The number of hydrogen-bond donors (Lipinski definition) is 1. The minimum atomic E-state index is 0.822. The second-order valence-corrected chi connectivity index (χ2v) is 2.64. The van der Waals surface area contributed by atoms with Crippen LogP contribution in [0.25, 0.3) is 5.70 Å². The molecule has 2 nitrogen and oxygen atoms in total. The summed E-state index contributed by atoms with van der Waals surface area (Å²) in [5, 5.41) is 0. The van der Waals surface area contributed by atoms with Crippen molar-refractivity contribution < 1.29 is 0 Å². The molecule has 0 amide bonds. The summed E-state index contributed by atoms with van der Waals surface area (Å²) in [6.07, 6.45) is 4.30. The Morgan fingerprint density at radius 1 is 1.38 bits per heavy atom. The predicted molar refractivity (Wildman–Crippen MR) is 57.4 cm³/mol. The largest absolute Gasteiger partial charge is 0.403 e. The van der Waals surface area contributed by atoms with E-state index in [9.17, 15) is 0 Å². The summed E-state index contributed by atoms with van der Waals surface area (Å²) in [4.78, 5) is 4.24. The van der Waals surface area contributed by atoms with Gasteiger partial charge in [-0.1, -0.05) is 37.3 Å². The van der Waals surface area contributed by atoms with Crippen LogP contribution in [-0.4, -0.2) is 6.21 Å². The lowest BCUT2D eigenvalue weighted by Crippen LogP contribution is -1.87. The highest BCUT2D eigenvalue weighted by Gasteiger charge is 1.94. The molecular formula is C11H14N2. The van der Waals surface area contributed by atoms with E-state index in [4.69, 9.17) is 5.73 Å². The average molecular weight is 174 g/mol. The summed E-state index contributed by atoms with van der Waals surface area (Å²) >= 11 is 0. The summed E-state index contributed by atoms with van der Waals surface area (Å²) in [6, 6.07) is 9.90. The summed E-state index contributed by atoms with van der Waals surface area (Å²) < 4.78 is 0. The quantitative estimate of drug-likeness (QED) is 0.702. The monoisotopic (exact) mass is 174 g/mol. The van der Waals surface area contributed by atoms with Crippen LogP contribution in [0.1, 0.15) is 18.9 Å². The fraction of sp³-hybridized carbons (Fsp3) is 0.182. The fourth-order valence-corrected chi connectivity index (χ4v) is 1.01. The van der Waals surface area contributed by atoms with Crippen molar-refractivity contribution in [3.05, 3.63) is 42.1 Å². The van der Waals surface area contributed by atoms with E-state index >= 15 is 0 Å². The van der Waals surface area contributed by atoms with Crippen LogP contribution in [-0.2, 0) is 0 Å². The van der Waals surface area contributed by atoms with E-state index in [2.05, 4.69) is 4.99 Å². The van der Waals surface area contributed by atoms with Crippen molar-refractivity contribution in [1.29, 1.82) is 0 Å². The van der Waals surface area contributed by atoms with Gasteiger partial charge in [-0.25, -0.2) is 0 Å². The third kappa shape index (κ3) is 2.75. The molecule has 0 unspecified atom stereocenters. The maximum atomic E-state index is 5.47. The first-order valence-electron chi connectivity index (χ1n) is 4.38. The van der Waals surface area contributed by atoms with Crippen molar-refractivity contribution in [3.8, 4) is 0 Å². The van der Waals surface area contributed by atoms with Crippen molar-refractivity contribution in [1.82, 2.24) is 0 Å². The van der Waals surface area contributed by atoms with Gasteiger partial charge in [0.1, 0.15) is 0 Å². The van der Waals surface area contributed by atoms with Gasteiger partial charge in [0.25, 0.3) is 0 Å². The van der Waals surface area contributed by atoms with E-state index in [1.54, 1.807) is 0 Å². The van der Waals surface area contributed by atoms with Crippen molar-refractivity contribution in [2.24, 2.45) is 10.7 Å². The van der Waals surface area contributed by atoms with Crippen LogP contribution < -0.4 is 5.73 Å². The lowest BCUT2D eigenvalue weighted by Gasteiger charge is -1.99. The first kappa shape index (κ1) is 9.52. The van der Waals surface area contributed by atoms with Gasteiger partial charge >= 0.3 is 0 Å². The Morgan fingerprint density at radius 2 is 2.08 bits per heavy atom. The van der Waals surface area contributed by atoms with Crippen LogP contribution in [0.4, 0.5) is 0 Å². The maximum absolute atomic E-state index is 5.47. The molecule has 2 N–H and O–H groups in total. The van der Waals surface area contributed by atoms with E-state index in [0.29, 0.717) is 0 Å². The zero-order chi connectivity index (χ0) is 9.52. The van der Waals surface area contributed by atoms with Gasteiger partial charge in [-0.15, -0.1) is 0 Å². The zero-order valence-electron chi connectivity index (χ0n) is 7.77. The normalized spacial score (nSPS) is 12.2. The summed E-state index contributed by atoms with van der Waals surface area (Å²) in [6.45, 7) is 2.04. The number of nitrogens with zero attached hydrogens (tertiary/aromatic N) is 1. The number of aliphatic imine (C=N–C) groups is 1. The van der Waals surface area contributed by atoms with Crippen LogP contribution in [0.2, 0.25) is 0 Å².